The van der Waals surface area contributed by atoms with Crippen molar-refractivity contribution in [2.45, 2.75) is 51.2 Å². The predicted octanol–water partition coefficient (Wildman–Crippen LogP) is 5.37. The van der Waals surface area contributed by atoms with Crippen LogP contribution in [-0.2, 0) is 31.0 Å². The van der Waals surface area contributed by atoms with Crippen molar-refractivity contribution in [1.82, 2.24) is 24.7 Å². The van der Waals surface area contributed by atoms with Gasteiger partial charge in [0.2, 0.25) is 6.54 Å². The Kier molecular flexibility index (Phi) is 9.18. The van der Waals surface area contributed by atoms with Crippen molar-refractivity contribution < 1.29 is 14.3 Å². The van der Waals surface area contributed by atoms with Crippen LogP contribution in [0.2, 0.25) is 0 Å². The van der Waals surface area contributed by atoms with Gasteiger partial charge in [-0.25, -0.2) is 11.4 Å². The number of piperazine rings is 1. The fourth-order valence-electron chi connectivity index (χ4n) is 7.10. The highest BCUT2D eigenvalue weighted by atomic mass is 16.6. The van der Waals surface area contributed by atoms with Crippen molar-refractivity contribution in [3.63, 3.8) is 0 Å². The molecule has 10 nitrogen and oxygen atoms in total. The van der Waals surface area contributed by atoms with E-state index in [-0.39, 0.29) is 25.3 Å². The van der Waals surface area contributed by atoms with Crippen LogP contribution < -0.4 is 9.64 Å². The maximum atomic E-state index is 13.2. The second-order valence-electron chi connectivity index (χ2n) is 12.8. The molecule has 47 heavy (non-hydrogen) atoms. The van der Waals surface area contributed by atoms with E-state index >= 15 is 0 Å². The third-order valence-corrected chi connectivity index (χ3v) is 9.68. The summed E-state index contributed by atoms with van der Waals surface area (Å²) in [5.74, 6) is 0.845. The Balaban J connectivity index is 1.12. The standard InChI is InChI=1S/C37H41N7O3/c1-38-20-31-22-43(18-19-44(31)37(45)47-25-27-10-4-3-5-11-27)35-33-23-42(21-29-14-8-13-28-12-6-7-16-32(28)29)24-34(33)39-36(40-35)46-26-30-15-9-17-41(30)2/h3-8,10-14,16,30-31H,9,15,17-26H2,2H3/t30-,31-/m0/s1. The van der Waals surface area contributed by atoms with Crippen LogP contribution in [-0.4, -0.2) is 89.2 Å². The molecule has 3 aliphatic heterocycles. The highest BCUT2D eigenvalue weighted by Gasteiger charge is 2.37. The third kappa shape index (κ3) is 6.87. The SMILES string of the molecule is [C-]#[N+]C[C@H]1CN(c2nc(OC[C@@H]3CCCN3C)nc3c2CN(Cc2cccc4ccccc24)C3)CCN1C(=O)OCc1ccccc1. The molecule has 3 aromatic carbocycles. The molecule has 0 saturated carbocycles. The number of hydrogen-bond acceptors (Lipinski definition) is 8. The minimum absolute atomic E-state index is 0.189. The average molecular weight is 632 g/mol. The lowest BCUT2D eigenvalue weighted by Gasteiger charge is -2.39. The van der Waals surface area contributed by atoms with E-state index in [9.17, 15) is 4.79 Å². The molecule has 0 bridgehead atoms. The molecule has 0 aliphatic carbocycles. The molecule has 242 valence electrons. The number of amides is 1. The minimum Gasteiger partial charge on any atom is -0.462 e. The summed E-state index contributed by atoms with van der Waals surface area (Å²) in [6, 6.07) is 25.1. The number of rotatable bonds is 9. The molecule has 2 fully saturated rings. The second-order valence-corrected chi connectivity index (χ2v) is 12.8. The first-order valence-electron chi connectivity index (χ1n) is 16.5. The van der Waals surface area contributed by atoms with E-state index in [2.05, 4.69) is 69.1 Å². The monoisotopic (exact) mass is 631 g/mol. The maximum absolute atomic E-state index is 13.2. The maximum Gasteiger partial charge on any atom is 0.410 e. The summed E-state index contributed by atoms with van der Waals surface area (Å²) >= 11 is 0. The third-order valence-electron chi connectivity index (χ3n) is 9.68. The van der Waals surface area contributed by atoms with E-state index in [0.29, 0.717) is 51.4 Å². The number of benzene rings is 3. The van der Waals surface area contributed by atoms with E-state index < -0.39 is 0 Å². The number of likely N-dealkylation sites (tertiary alicyclic amines) is 1. The lowest BCUT2D eigenvalue weighted by atomic mass is 10.0. The van der Waals surface area contributed by atoms with E-state index in [1.165, 1.54) is 22.8 Å². The highest BCUT2D eigenvalue weighted by Crippen LogP contribution is 2.34. The number of aromatic nitrogens is 2. The first kappa shape index (κ1) is 30.9. The van der Waals surface area contributed by atoms with E-state index in [1.54, 1.807) is 4.90 Å². The Morgan fingerprint density at radius 3 is 2.62 bits per heavy atom. The van der Waals surface area contributed by atoms with E-state index in [0.717, 1.165) is 42.1 Å². The predicted molar refractivity (Wildman–Crippen MR) is 181 cm³/mol. The Labute approximate surface area is 276 Å². The number of ether oxygens (including phenoxy) is 2. The summed E-state index contributed by atoms with van der Waals surface area (Å²) in [6.07, 6.45) is 1.89. The van der Waals surface area contributed by atoms with Gasteiger partial charge in [0.15, 0.2) is 0 Å². The van der Waals surface area contributed by atoms with E-state index in [4.69, 9.17) is 26.0 Å². The van der Waals surface area contributed by atoms with Crippen LogP contribution in [0.3, 0.4) is 0 Å². The van der Waals surface area contributed by atoms with Gasteiger partial charge < -0.3 is 24.1 Å². The van der Waals surface area contributed by atoms with Gasteiger partial charge in [0.25, 0.3) is 0 Å². The zero-order valence-corrected chi connectivity index (χ0v) is 26.9. The van der Waals surface area contributed by atoms with Gasteiger partial charge in [-0.05, 0) is 48.3 Å². The summed E-state index contributed by atoms with van der Waals surface area (Å²) in [5, 5.41) is 2.50. The summed E-state index contributed by atoms with van der Waals surface area (Å²) in [5.41, 5.74) is 4.29. The number of likely N-dealkylation sites (N-methyl/N-ethyl adjacent to an activating group) is 1. The van der Waals surface area contributed by atoms with Crippen molar-refractivity contribution in [3.05, 3.63) is 107 Å². The van der Waals surface area contributed by atoms with Crippen molar-refractivity contribution in [2.24, 2.45) is 0 Å². The van der Waals surface area contributed by atoms with Gasteiger partial charge in [-0.15, -0.1) is 0 Å². The molecule has 2 atom stereocenters. The number of fused-ring (bicyclic) bond motifs is 2. The molecule has 7 rings (SSSR count). The van der Waals surface area contributed by atoms with Gasteiger partial charge in [-0.3, -0.25) is 9.80 Å². The Bertz CT molecular complexity index is 1760. The Morgan fingerprint density at radius 1 is 0.957 bits per heavy atom. The molecule has 4 aromatic rings. The minimum atomic E-state index is -0.388. The highest BCUT2D eigenvalue weighted by molar-refractivity contribution is 5.85. The largest absolute Gasteiger partial charge is 0.462 e. The number of carbonyl (C=O) groups excluding carboxylic acids is 1. The molecule has 1 amide bonds. The zero-order valence-electron chi connectivity index (χ0n) is 26.9. The molecule has 0 N–H and O–H groups in total. The molecule has 0 radical (unpaired) electrons. The first-order valence-corrected chi connectivity index (χ1v) is 16.5. The summed E-state index contributed by atoms with van der Waals surface area (Å²) in [6.45, 7) is 13.4. The molecule has 10 heteroatoms. The van der Waals surface area contributed by atoms with Crippen LogP contribution in [0, 0.1) is 6.57 Å². The molecule has 3 aliphatic rings. The van der Waals surface area contributed by atoms with Gasteiger partial charge in [-0.2, -0.15) is 9.97 Å². The van der Waals surface area contributed by atoms with Crippen LogP contribution >= 0.6 is 0 Å². The molecular formula is C37H41N7O3. The van der Waals surface area contributed by atoms with Crippen molar-refractivity contribution in [2.75, 3.05) is 51.3 Å². The average Bonchev–Trinajstić information content (AvgIpc) is 3.71. The Morgan fingerprint density at radius 2 is 1.79 bits per heavy atom. The van der Waals surface area contributed by atoms with Crippen molar-refractivity contribution >= 4 is 22.7 Å². The molecule has 1 aromatic heterocycles. The van der Waals surface area contributed by atoms with Gasteiger partial charge in [0.1, 0.15) is 25.1 Å². The van der Waals surface area contributed by atoms with Gasteiger partial charge in [0, 0.05) is 50.9 Å². The lowest BCUT2D eigenvalue weighted by Crippen LogP contribution is -2.56. The van der Waals surface area contributed by atoms with Gasteiger partial charge >= 0.3 is 12.1 Å². The fourth-order valence-corrected chi connectivity index (χ4v) is 7.10. The van der Waals surface area contributed by atoms with Crippen LogP contribution in [0.1, 0.15) is 35.2 Å². The van der Waals surface area contributed by atoms with Crippen LogP contribution in [0.25, 0.3) is 15.6 Å². The molecular weight excluding hydrogens is 590 g/mol. The number of hydrogen-bond donors (Lipinski definition) is 0. The summed E-state index contributed by atoms with van der Waals surface area (Å²) < 4.78 is 12.0. The molecule has 0 spiro atoms. The van der Waals surface area contributed by atoms with Crippen LogP contribution in [0.4, 0.5) is 10.6 Å². The van der Waals surface area contributed by atoms with Gasteiger partial charge in [-0.1, -0.05) is 72.8 Å². The first-order chi connectivity index (χ1) is 23.1. The second kappa shape index (κ2) is 14.0. The topological polar surface area (TPSA) is 78.6 Å². The Hall–Kier alpha value is -4.72. The van der Waals surface area contributed by atoms with Crippen molar-refractivity contribution in [3.8, 4) is 6.01 Å². The smallest absolute Gasteiger partial charge is 0.410 e. The number of nitrogens with zero attached hydrogens (tertiary/aromatic N) is 7. The van der Waals surface area contributed by atoms with Gasteiger partial charge in [0.05, 0.1) is 5.69 Å². The quantitative estimate of drug-likeness (QED) is 0.229. The summed E-state index contributed by atoms with van der Waals surface area (Å²) in [4.78, 5) is 35.6. The summed E-state index contributed by atoms with van der Waals surface area (Å²) in [7, 11) is 2.14. The van der Waals surface area contributed by atoms with Crippen molar-refractivity contribution in [1.29, 1.82) is 0 Å². The molecule has 2 saturated heterocycles. The van der Waals surface area contributed by atoms with Crippen LogP contribution in [0.5, 0.6) is 6.01 Å². The molecule has 0 unspecified atom stereocenters. The lowest BCUT2D eigenvalue weighted by molar-refractivity contribution is 0.0788. The number of carbonyl (C=O) groups is 1. The van der Waals surface area contributed by atoms with E-state index in [1.807, 2.05) is 30.3 Å². The number of anilines is 1. The normalized spacial score (nSPS) is 19.9. The van der Waals surface area contributed by atoms with Crippen LogP contribution in [0.15, 0.2) is 72.8 Å². The zero-order chi connectivity index (χ0) is 32.2. The fraction of sp³-hybridized carbons (Fsp3) is 0.405. The molecule has 4 heterocycles.